The maximum Gasteiger partial charge on any atom is 0.485 e. The van der Waals surface area contributed by atoms with E-state index in [0.717, 1.165) is 0 Å². The van der Waals surface area contributed by atoms with Crippen molar-refractivity contribution in [3.63, 3.8) is 0 Å². The normalized spacial score (nSPS) is 18.2. The molecule has 1 aliphatic heterocycles. The molecule has 8 heteroatoms. The first-order chi connectivity index (χ1) is 9.63. The lowest BCUT2D eigenvalue weighted by molar-refractivity contribution is -0.804. The smallest absolute Gasteiger partial charge is 0.485 e. The Morgan fingerprint density at radius 1 is 1.19 bits per heavy atom. The zero-order valence-electron chi connectivity index (χ0n) is 12.2. The number of alkyl halides is 3. The number of quaternary nitrogens is 1. The second kappa shape index (κ2) is 9.22. The number of hydrogen-bond donors (Lipinski definition) is 1. The lowest BCUT2D eigenvalue weighted by atomic mass is 10.2. The van der Waals surface area contributed by atoms with Gasteiger partial charge in [0.2, 0.25) is 0 Å². The Labute approximate surface area is 124 Å². The molecule has 0 aliphatic carbocycles. The molecule has 0 aromatic heterocycles. The van der Waals surface area contributed by atoms with E-state index in [1.807, 2.05) is 0 Å². The molecule has 124 valence electrons. The maximum atomic E-state index is 10.7. The largest absolute Gasteiger partial charge is 0.741 e. The Morgan fingerprint density at radius 2 is 1.76 bits per heavy atom. The molecule has 0 aromatic carbocycles. The van der Waals surface area contributed by atoms with Gasteiger partial charge in [0.25, 0.3) is 0 Å². The van der Waals surface area contributed by atoms with Crippen molar-refractivity contribution in [2.45, 2.75) is 51.5 Å². The van der Waals surface area contributed by atoms with Crippen LogP contribution in [0.2, 0.25) is 0 Å². The Morgan fingerprint density at radius 3 is 2.19 bits per heavy atom. The predicted octanol–water partition coefficient (Wildman–Crippen LogP) is 2.32. The Kier molecular flexibility index (Phi) is 8.84. The van der Waals surface area contributed by atoms with Crippen LogP contribution in [-0.4, -0.2) is 25.0 Å². The van der Waals surface area contributed by atoms with Gasteiger partial charge >= 0.3 is 5.51 Å². The van der Waals surface area contributed by atoms with E-state index >= 15 is 0 Å². The quantitative estimate of drug-likeness (QED) is 0.462. The third-order valence-corrected chi connectivity index (χ3v) is 3.43. The van der Waals surface area contributed by atoms with Gasteiger partial charge in [-0.15, -0.1) is 0 Å². The van der Waals surface area contributed by atoms with Crippen molar-refractivity contribution in [1.82, 2.24) is 0 Å². The molecule has 0 saturated heterocycles. The zero-order chi connectivity index (χ0) is 16.5. The molecule has 0 radical (unpaired) electrons. The molecule has 1 atom stereocenters. The lowest BCUT2D eigenvalue weighted by Gasteiger charge is -2.13. The van der Waals surface area contributed by atoms with Gasteiger partial charge in [0.1, 0.15) is 5.70 Å². The molecular formula is C13H22F3NO3S. The monoisotopic (exact) mass is 329 g/mol. The van der Waals surface area contributed by atoms with Crippen molar-refractivity contribution < 1.29 is 31.0 Å². The van der Waals surface area contributed by atoms with E-state index in [1.54, 1.807) is 10.6 Å². The van der Waals surface area contributed by atoms with Crippen molar-refractivity contribution in [2.75, 3.05) is 6.54 Å². The van der Waals surface area contributed by atoms with Gasteiger partial charge in [-0.2, -0.15) is 13.2 Å². The van der Waals surface area contributed by atoms with E-state index in [2.05, 4.69) is 32.2 Å². The van der Waals surface area contributed by atoms with Crippen molar-refractivity contribution >= 4 is 10.1 Å². The van der Waals surface area contributed by atoms with E-state index in [4.69, 9.17) is 13.0 Å². The highest BCUT2D eigenvalue weighted by atomic mass is 32.2. The van der Waals surface area contributed by atoms with E-state index in [9.17, 15) is 13.2 Å². The zero-order valence-corrected chi connectivity index (χ0v) is 13.1. The molecule has 1 rings (SSSR count). The number of halogens is 3. The Bertz CT molecular complexity index is 456. The highest BCUT2D eigenvalue weighted by Crippen LogP contribution is 2.20. The molecule has 4 nitrogen and oxygen atoms in total. The van der Waals surface area contributed by atoms with Crippen LogP contribution in [0, 0.1) is 0 Å². The van der Waals surface area contributed by atoms with Gasteiger partial charge in [0.05, 0.1) is 12.7 Å². The van der Waals surface area contributed by atoms with Crippen molar-refractivity contribution in [1.29, 1.82) is 0 Å². The SMILES string of the molecule is CCCCC[NH+]1C=CC=C1CCC.O=S(=O)([O-])C(F)(F)F. The summed E-state index contributed by atoms with van der Waals surface area (Å²) in [5, 5.41) is 0. The first-order valence-corrected chi connectivity index (χ1v) is 8.29. The van der Waals surface area contributed by atoms with E-state index < -0.39 is 15.6 Å². The lowest BCUT2D eigenvalue weighted by Crippen LogP contribution is -3.04. The van der Waals surface area contributed by atoms with Crippen LogP contribution >= 0.6 is 0 Å². The number of unbranched alkanes of at least 4 members (excludes halogenated alkanes) is 2. The molecule has 0 fully saturated rings. The third-order valence-electron chi connectivity index (χ3n) is 2.86. The molecule has 0 saturated carbocycles. The summed E-state index contributed by atoms with van der Waals surface area (Å²) in [6, 6.07) is 0. The number of rotatable bonds is 6. The molecule has 0 amide bonds. The van der Waals surface area contributed by atoms with E-state index in [0.29, 0.717) is 0 Å². The summed E-state index contributed by atoms with van der Waals surface area (Å²) in [6.45, 7) is 5.80. The van der Waals surface area contributed by atoms with Crippen LogP contribution in [0.25, 0.3) is 0 Å². The molecule has 1 heterocycles. The molecule has 21 heavy (non-hydrogen) atoms. The van der Waals surface area contributed by atoms with Gasteiger partial charge < -0.3 is 4.55 Å². The summed E-state index contributed by atoms with van der Waals surface area (Å²) >= 11 is 0. The summed E-state index contributed by atoms with van der Waals surface area (Å²) in [4.78, 5) is 1.59. The van der Waals surface area contributed by atoms with Gasteiger partial charge in [0, 0.05) is 12.5 Å². The summed E-state index contributed by atoms with van der Waals surface area (Å²) < 4.78 is 58.9. The van der Waals surface area contributed by atoms with Crippen LogP contribution in [0.4, 0.5) is 13.2 Å². The third kappa shape index (κ3) is 8.23. The fraction of sp³-hybridized carbons (Fsp3) is 0.692. The Hall–Kier alpha value is -0.860. The number of allylic oxidation sites excluding steroid dienone is 3. The first-order valence-electron chi connectivity index (χ1n) is 6.89. The van der Waals surface area contributed by atoms with Gasteiger partial charge in [0.15, 0.2) is 10.1 Å². The van der Waals surface area contributed by atoms with E-state index in [-0.39, 0.29) is 0 Å². The molecule has 1 aliphatic rings. The van der Waals surface area contributed by atoms with Crippen molar-refractivity contribution in [2.24, 2.45) is 0 Å². The summed E-state index contributed by atoms with van der Waals surface area (Å²) in [5.74, 6) is 0. The minimum absolute atomic E-state index is 1.26. The van der Waals surface area contributed by atoms with E-state index in [1.165, 1.54) is 38.6 Å². The van der Waals surface area contributed by atoms with Crippen LogP contribution in [0.15, 0.2) is 24.0 Å². The molecular weight excluding hydrogens is 307 g/mol. The average molecular weight is 329 g/mol. The van der Waals surface area contributed by atoms with Crippen molar-refractivity contribution in [3.8, 4) is 0 Å². The predicted molar refractivity (Wildman–Crippen MR) is 73.2 cm³/mol. The molecule has 1 unspecified atom stereocenters. The van der Waals surface area contributed by atoms with Crippen molar-refractivity contribution in [3.05, 3.63) is 24.0 Å². The second-order valence-corrected chi connectivity index (χ2v) is 6.05. The van der Waals surface area contributed by atoms with Crippen LogP contribution < -0.4 is 4.90 Å². The van der Waals surface area contributed by atoms with Gasteiger partial charge in [-0.25, -0.2) is 8.42 Å². The number of hydrogen-bond acceptors (Lipinski definition) is 3. The standard InChI is InChI=1S/C12H21N.CHF3O3S/c1-3-5-6-10-13-11-7-9-12(13)8-4-2;2-1(3,4)8(5,6)7/h7,9,11H,3-6,8,10H2,1-2H3;(H,5,6,7). The Balaban J connectivity index is 0.000000433. The van der Waals surface area contributed by atoms with Crippen LogP contribution in [-0.2, 0) is 10.1 Å². The summed E-state index contributed by atoms with van der Waals surface area (Å²) in [5.41, 5.74) is -4.06. The topological polar surface area (TPSA) is 61.6 Å². The minimum atomic E-state index is -6.09. The average Bonchev–Trinajstić information content (AvgIpc) is 2.76. The maximum absolute atomic E-state index is 10.7. The number of nitrogens with one attached hydrogen (secondary N) is 1. The summed E-state index contributed by atoms with van der Waals surface area (Å²) in [6.07, 6.45) is 13.4. The first kappa shape index (κ1) is 20.1. The minimum Gasteiger partial charge on any atom is -0.741 e. The van der Waals surface area contributed by atoms with Gasteiger partial charge in [-0.05, 0) is 25.3 Å². The van der Waals surface area contributed by atoms with Gasteiger partial charge in [-0.1, -0.05) is 20.3 Å². The molecule has 0 aromatic rings. The molecule has 0 spiro atoms. The molecule has 1 N–H and O–H groups in total. The van der Waals surface area contributed by atoms with Crippen LogP contribution in [0.3, 0.4) is 0 Å². The van der Waals surface area contributed by atoms with Crippen LogP contribution in [0.1, 0.15) is 46.0 Å². The summed E-state index contributed by atoms with van der Waals surface area (Å²) in [7, 11) is -6.09. The highest BCUT2D eigenvalue weighted by Gasteiger charge is 2.36. The fourth-order valence-corrected chi connectivity index (χ4v) is 1.82. The highest BCUT2D eigenvalue weighted by molar-refractivity contribution is 7.86. The fourth-order valence-electron chi connectivity index (χ4n) is 1.82. The van der Waals surface area contributed by atoms with Crippen LogP contribution in [0.5, 0.6) is 0 Å². The molecule has 0 bridgehead atoms. The van der Waals surface area contributed by atoms with Gasteiger partial charge in [-0.3, -0.25) is 4.90 Å². The second-order valence-electron chi connectivity index (χ2n) is 4.68.